The maximum Gasteiger partial charge on any atom is 0.407 e. The zero-order valence-electron chi connectivity index (χ0n) is 29.4. The van der Waals surface area contributed by atoms with Crippen LogP contribution in [0.3, 0.4) is 0 Å². The highest BCUT2D eigenvalue weighted by molar-refractivity contribution is 5.84. The van der Waals surface area contributed by atoms with Crippen molar-refractivity contribution in [3.63, 3.8) is 0 Å². The number of carbonyl (C=O) groups is 1. The number of amides is 1. The van der Waals surface area contributed by atoms with Gasteiger partial charge in [0.15, 0.2) is 17.0 Å². The number of carbonyl (C=O) groups excluding carboxylic acids is 1. The molecule has 7 rings (SSSR count). The van der Waals surface area contributed by atoms with Crippen molar-refractivity contribution in [2.45, 2.75) is 88.8 Å². The summed E-state index contributed by atoms with van der Waals surface area (Å²) in [6.07, 6.45) is 2.50. The van der Waals surface area contributed by atoms with E-state index in [1.54, 1.807) is 12.5 Å². The van der Waals surface area contributed by atoms with E-state index in [2.05, 4.69) is 45.1 Å². The van der Waals surface area contributed by atoms with Crippen molar-refractivity contribution in [3.8, 4) is 0 Å². The summed E-state index contributed by atoms with van der Waals surface area (Å²) in [5.74, 6) is 1.06. The number of rotatable bonds is 10. The third-order valence-corrected chi connectivity index (χ3v) is 9.67. The third kappa shape index (κ3) is 7.38. The van der Waals surface area contributed by atoms with Gasteiger partial charge < -0.3 is 35.1 Å². The van der Waals surface area contributed by atoms with E-state index in [0.717, 1.165) is 23.2 Å². The number of benzene rings is 2. The molecule has 2 fully saturated rings. The first kappa shape index (κ1) is 34.4. The Hall–Kier alpha value is -5.08. The molecule has 4 heterocycles. The molecule has 51 heavy (non-hydrogen) atoms. The van der Waals surface area contributed by atoms with E-state index in [4.69, 9.17) is 19.7 Å². The molecular formula is C37H46N10O4. The molecule has 5 aromatic rings. The van der Waals surface area contributed by atoms with Crippen molar-refractivity contribution in [3.05, 3.63) is 90.0 Å². The van der Waals surface area contributed by atoms with Crippen LogP contribution in [0.2, 0.25) is 0 Å². The number of ether oxygens (including phenoxy) is 1. The van der Waals surface area contributed by atoms with Crippen molar-refractivity contribution in [2.24, 2.45) is 0 Å². The second kappa shape index (κ2) is 14.3. The Morgan fingerprint density at radius 3 is 2.33 bits per heavy atom. The van der Waals surface area contributed by atoms with Crippen LogP contribution in [0.25, 0.3) is 11.2 Å². The van der Waals surface area contributed by atoms with Gasteiger partial charge in [0.05, 0.1) is 30.3 Å². The summed E-state index contributed by atoms with van der Waals surface area (Å²) in [6, 6.07) is 19.5. The molecule has 1 saturated carbocycles. The molecule has 1 aliphatic heterocycles. The lowest BCUT2D eigenvalue weighted by Gasteiger charge is -2.23. The Labute approximate surface area is 296 Å². The Balaban J connectivity index is 1.22. The van der Waals surface area contributed by atoms with Gasteiger partial charge in [-0.3, -0.25) is 0 Å². The molecule has 0 spiro atoms. The van der Waals surface area contributed by atoms with Gasteiger partial charge >= 0.3 is 6.09 Å². The summed E-state index contributed by atoms with van der Waals surface area (Å²) >= 11 is 0. The summed E-state index contributed by atoms with van der Waals surface area (Å²) in [6.45, 7) is 9.16. The normalized spacial score (nSPS) is 22.2. The highest BCUT2D eigenvalue weighted by Gasteiger charge is 2.45. The van der Waals surface area contributed by atoms with Crippen LogP contribution in [-0.4, -0.2) is 94.3 Å². The van der Waals surface area contributed by atoms with Gasteiger partial charge in [-0.1, -0.05) is 67.6 Å². The van der Waals surface area contributed by atoms with Gasteiger partial charge in [0, 0.05) is 25.6 Å². The van der Waals surface area contributed by atoms with E-state index < -0.39 is 36.0 Å². The molecule has 0 bridgehead atoms. The number of anilines is 2. The minimum Gasteiger partial charge on any atom is -0.444 e. The number of aliphatic hydroxyl groups excluding tert-OH is 2. The van der Waals surface area contributed by atoms with Gasteiger partial charge in [-0.05, 0) is 51.2 Å². The van der Waals surface area contributed by atoms with E-state index >= 15 is 0 Å². The number of aliphatic hydroxyl groups is 2. The van der Waals surface area contributed by atoms with Crippen LogP contribution in [0.1, 0.15) is 75.4 Å². The quantitative estimate of drug-likeness (QED) is 0.165. The molecule has 1 amide bonds. The van der Waals surface area contributed by atoms with Crippen LogP contribution in [0.15, 0.2) is 73.2 Å². The molecular weight excluding hydrogens is 648 g/mol. The predicted octanol–water partition coefficient (Wildman–Crippen LogP) is 4.24. The largest absolute Gasteiger partial charge is 0.444 e. The van der Waals surface area contributed by atoms with E-state index in [9.17, 15) is 15.0 Å². The number of hydrogen-bond acceptors (Lipinski definition) is 11. The summed E-state index contributed by atoms with van der Waals surface area (Å²) in [4.78, 5) is 30.9. The van der Waals surface area contributed by atoms with Crippen molar-refractivity contribution >= 4 is 29.0 Å². The van der Waals surface area contributed by atoms with Crippen LogP contribution < -0.4 is 15.5 Å². The van der Waals surface area contributed by atoms with E-state index in [-0.39, 0.29) is 12.0 Å². The molecule has 3 aromatic heterocycles. The lowest BCUT2D eigenvalue weighted by atomic mass is 9.91. The minimum absolute atomic E-state index is 0.0271. The number of aryl methyl sites for hydroxylation is 1. The smallest absolute Gasteiger partial charge is 0.407 e. The highest BCUT2D eigenvalue weighted by atomic mass is 16.6. The highest BCUT2D eigenvalue weighted by Crippen LogP contribution is 2.40. The fourth-order valence-corrected chi connectivity index (χ4v) is 7.07. The fourth-order valence-electron chi connectivity index (χ4n) is 7.07. The van der Waals surface area contributed by atoms with Crippen LogP contribution in [0, 0.1) is 0 Å². The zero-order valence-corrected chi connectivity index (χ0v) is 29.4. The average Bonchev–Trinajstić information content (AvgIpc) is 3.92. The summed E-state index contributed by atoms with van der Waals surface area (Å²) in [5, 5.41) is 38.0. The summed E-state index contributed by atoms with van der Waals surface area (Å²) in [7, 11) is 0. The molecule has 2 aromatic carbocycles. The van der Waals surface area contributed by atoms with Gasteiger partial charge in [-0.2, -0.15) is 25.0 Å². The average molecular weight is 695 g/mol. The van der Waals surface area contributed by atoms with E-state index in [1.807, 2.05) is 73.6 Å². The Bertz CT molecular complexity index is 1900. The maximum atomic E-state index is 12.6. The molecule has 14 nitrogen and oxygen atoms in total. The monoisotopic (exact) mass is 694 g/mol. The SMILES string of the molecule is CCc1cnn([C@H]2C[C@@H](n3cnc4c(NCC(c5ccccc5)c5ccccc5)nc(N5CC[C@@H](NC(=O)OC(C)(C)C)C5)nc43)[C@H](O)[C@@H]2O)n1. The van der Waals surface area contributed by atoms with Crippen molar-refractivity contribution < 1.29 is 19.7 Å². The molecule has 5 atom stereocenters. The standard InChI is InChI=1S/C37H46N10O4/c1-5-25-19-40-47(44-25)29-18-28(31(48)32(29)49)46-22-39-30-33(38-20-27(23-12-8-6-9-13-23)24-14-10-7-11-15-24)42-35(43-34(30)46)45-17-16-26(21-45)41-36(50)51-37(2,3)4/h6-15,19,22,26-29,31-32,48-49H,5,16-18,20-21H2,1-4H3,(H,41,50)(H,38,42,43)/t26-,28-,29+,31+,32-/m1/s1. The lowest BCUT2D eigenvalue weighted by Crippen LogP contribution is -2.40. The van der Waals surface area contributed by atoms with Crippen LogP contribution in [-0.2, 0) is 11.2 Å². The van der Waals surface area contributed by atoms with Gasteiger partial charge in [-0.15, -0.1) is 0 Å². The maximum absolute atomic E-state index is 12.6. The third-order valence-electron chi connectivity index (χ3n) is 9.67. The lowest BCUT2D eigenvalue weighted by molar-refractivity contribution is 0.00497. The van der Waals surface area contributed by atoms with Gasteiger partial charge in [0.2, 0.25) is 5.95 Å². The van der Waals surface area contributed by atoms with Crippen LogP contribution in [0.4, 0.5) is 16.6 Å². The molecule has 0 radical (unpaired) electrons. The molecule has 14 heteroatoms. The van der Waals surface area contributed by atoms with Gasteiger partial charge in [0.25, 0.3) is 0 Å². The minimum atomic E-state index is -1.10. The first-order valence-electron chi connectivity index (χ1n) is 17.7. The van der Waals surface area contributed by atoms with E-state index in [0.29, 0.717) is 55.4 Å². The Kier molecular flexibility index (Phi) is 9.62. The van der Waals surface area contributed by atoms with E-state index in [1.165, 1.54) is 4.80 Å². The topological polar surface area (TPSA) is 168 Å². The Morgan fingerprint density at radius 2 is 1.69 bits per heavy atom. The summed E-state index contributed by atoms with van der Waals surface area (Å²) in [5.41, 5.74) is 3.62. The number of imidazole rings is 1. The first-order chi connectivity index (χ1) is 24.6. The Morgan fingerprint density at radius 1 is 1.00 bits per heavy atom. The zero-order chi connectivity index (χ0) is 35.7. The number of hydrogen-bond donors (Lipinski definition) is 4. The number of alkyl carbamates (subject to hydrolysis) is 1. The van der Waals surface area contributed by atoms with Crippen LogP contribution in [0.5, 0.6) is 0 Å². The number of nitrogens with zero attached hydrogens (tertiary/aromatic N) is 8. The number of nitrogens with one attached hydrogen (secondary N) is 2. The van der Waals surface area contributed by atoms with Gasteiger partial charge in [0.1, 0.15) is 23.9 Å². The first-order valence-corrected chi connectivity index (χ1v) is 17.7. The van der Waals surface area contributed by atoms with Crippen molar-refractivity contribution in [1.82, 2.24) is 39.8 Å². The summed E-state index contributed by atoms with van der Waals surface area (Å²) < 4.78 is 7.33. The molecule has 1 aliphatic carbocycles. The molecule has 2 aliphatic rings. The second-order valence-corrected chi connectivity index (χ2v) is 14.4. The molecule has 1 saturated heterocycles. The number of fused-ring (bicyclic) bond motifs is 1. The molecule has 268 valence electrons. The van der Waals surface area contributed by atoms with Crippen LogP contribution >= 0.6 is 0 Å². The number of aromatic nitrogens is 7. The fraction of sp³-hybridized carbons (Fsp3) is 0.459. The molecule has 4 N–H and O–H groups in total. The van der Waals surface area contributed by atoms with Crippen molar-refractivity contribution in [2.75, 3.05) is 29.9 Å². The second-order valence-electron chi connectivity index (χ2n) is 14.4. The predicted molar refractivity (Wildman–Crippen MR) is 193 cm³/mol. The van der Waals surface area contributed by atoms with Gasteiger partial charge in [-0.25, -0.2) is 9.78 Å². The van der Waals surface area contributed by atoms with Crippen molar-refractivity contribution in [1.29, 1.82) is 0 Å². The molecule has 0 unspecified atom stereocenters.